The monoisotopic (exact) mass is 296 g/mol. The number of aliphatic carboxylic acids is 1. The minimum absolute atomic E-state index is 0.0528. The Morgan fingerprint density at radius 2 is 2.14 bits per heavy atom. The standard InChI is InChI=1S/C12H16N4O5/c1-6(2)5-8(12(18)19)15-11-9(16(20)21)7(10(13)17)3-4-14-11/h3-4,6,8H,5H2,1-2H3,(H2,13,17)(H,14,15)(H,18,19). The molecule has 114 valence electrons. The van der Waals surface area contributed by atoms with Crippen molar-refractivity contribution in [3.05, 3.63) is 27.9 Å². The average Bonchev–Trinajstić information content (AvgIpc) is 2.36. The van der Waals surface area contributed by atoms with Crippen molar-refractivity contribution in [2.24, 2.45) is 11.7 Å². The van der Waals surface area contributed by atoms with Crippen LogP contribution < -0.4 is 11.1 Å². The molecule has 1 aromatic heterocycles. The molecule has 1 rings (SSSR count). The lowest BCUT2D eigenvalue weighted by Gasteiger charge is -2.17. The molecular formula is C12H16N4O5. The Balaban J connectivity index is 3.23. The lowest BCUT2D eigenvalue weighted by atomic mass is 10.0. The Labute approximate surface area is 120 Å². The number of nitrogens with zero attached hydrogens (tertiary/aromatic N) is 2. The Hall–Kier alpha value is -2.71. The van der Waals surface area contributed by atoms with Crippen molar-refractivity contribution >= 4 is 23.4 Å². The number of aromatic nitrogens is 1. The van der Waals surface area contributed by atoms with Gasteiger partial charge in [-0.05, 0) is 18.4 Å². The fourth-order valence-corrected chi connectivity index (χ4v) is 1.80. The quantitative estimate of drug-likeness (QED) is 0.502. The minimum atomic E-state index is -1.16. The number of nitro groups is 1. The molecule has 9 nitrogen and oxygen atoms in total. The van der Waals surface area contributed by atoms with Crippen molar-refractivity contribution in [1.29, 1.82) is 0 Å². The zero-order chi connectivity index (χ0) is 16.2. The Morgan fingerprint density at radius 1 is 1.52 bits per heavy atom. The second-order valence-electron chi connectivity index (χ2n) is 4.84. The van der Waals surface area contributed by atoms with Crippen LogP contribution in [0.3, 0.4) is 0 Å². The highest BCUT2D eigenvalue weighted by Crippen LogP contribution is 2.27. The van der Waals surface area contributed by atoms with Crippen molar-refractivity contribution in [2.45, 2.75) is 26.3 Å². The second kappa shape index (κ2) is 6.64. The van der Waals surface area contributed by atoms with E-state index in [2.05, 4.69) is 10.3 Å². The van der Waals surface area contributed by atoms with Crippen molar-refractivity contribution in [1.82, 2.24) is 4.98 Å². The third-order valence-corrected chi connectivity index (χ3v) is 2.69. The zero-order valence-corrected chi connectivity index (χ0v) is 11.6. The first-order valence-electron chi connectivity index (χ1n) is 6.16. The van der Waals surface area contributed by atoms with Gasteiger partial charge in [0.25, 0.3) is 5.91 Å². The van der Waals surface area contributed by atoms with Gasteiger partial charge < -0.3 is 16.2 Å². The number of hydrogen-bond donors (Lipinski definition) is 3. The van der Waals surface area contributed by atoms with Gasteiger partial charge in [-0.15, -0.1) is 0 Å². The van der Waals surface area contributed by atoms with Crippen molar-refractivity contribution in [2.75, 3.05) is 5.32 Å². The maximum absolute atomic E-state index is 11.2. The molecule has 0 aliphatic heterocycles. The third-order valence-electron chi connectivity index (χ3n) is 2.69. The van der Waals surface area contributed by atoms with Gasteiger partial charge in [-0.2, -0.15) is 0 Å². The highest BCUT2D eigenvalue weighted by Gasteiger charge is 2.28. The Morgan fingerprint density at radius 3 is 2.57 bits per heavy atom. The average molecular weight is 296 g/mol. The van der Waals surface area contributed by atoms with Crippen LogP contribution in [0, 0.1) is 16.0 Å². The molecular weight excluding hydrogens is 280 g/mol. The van der Waals surface area contributed by atoms with Crippen molar-refractivity contribution in [3.8, 4) is 0 Å². The summed E-state index contributed by atoms with van der Waals surface area (Å²) in [6, 6.07) is 0.0588. The molecule has 9 heteroatoms. The predicted molar refractivity (Wildman–Crippen MR) is 73.9 cm³/mol. The van der Waals surface area contributed by atoms with Gasteiger partial charge in [-0.1, -0.05) is 13.8 Å². The molecule has 21 heavy (non-hydrogen) atoms. The molecule has 1 atom stereocenters. The van der Waals surface area contributed by atoms with E-state index >= 15 is 0 Å². The normalized spacial score (nSPS) is 12.0. The van der Waals surface area contributed by atoms with Gasteiger partial charge in [0.1, 0.15) is 11.6 Å². The SMILES string of the molecule is CC(C)CC(Nc1nccc(C(N)=O)c1[N+](=O)[O-])C(=O)O. The summed E-state index contributed by atoms with van der Waals surface area (Å²) in [6.07, 6.45) is 1.40. The molecule has 0 aromatic carbocycles. The van der Waals surface area contributed by atoms with E-state index in [1.807, 2.05) is 13.8 Å². The predicted octanol–water partition coefficient (Wildman–Crippen LogP) is 1.000. The number of anilines is 1. The zero-order valence-electron chi connectivity index (χ0n) is 11.6. The van der Waals surface area contributed by atoms with E-state index in [9.17, 15) is 19.7 Å². The van der Waals surface area contributed by atoms with E-state index in [-0.39, 0.29) is 23.7 Å². The van der Waals surface area contributed by atoms with Gasteiger partial charge in [0.05, 0.1) is 4.92 Å². The van der Waals surface area contributed by atoms with E-state index < -0.39 is 28.5 Å². The summed E-state index contributed by atoms with van der Waals surface area (Å²) in [7, 11) is 0. The van der Waals surface area contributed by atoms with Crippen LogP contribution in [0.4, 0.5) is 11.5 Å². The molecule has 1 aromatic rings. The summed E-state index contributed by atoms with van der Waals surface area (Å²) in [5.41, 5.74) is 4.12. The third kappa shape index (κ3) is 4.13. The second-order valence-corrected chi connectivity index (χ2v) is 4.84. The number of carboxylic acid groups (broad SMARTS) is 1. The summed E-state index contributed by atoms with van der Waals surface area (Å²) < 4.78 is 0. The molecule has 0 aliphatic carbocycles. The number of pyridine rings is 1. The first-order chi connectivity index (χ1) is 9.73. The Bertz CT molecular complexity index is 573. The van der Waals surface area contributed by atoms with Crippen LogP contribution in [0.2, 0.25) is 0 Å². The summed E-state index contributed by atoms with van der Waals surface area (Å²) in [5.74, 6) is -2.38. The molecule has 0 radical (unpaired) electrons. The fraction of sp³-hybridized carbons (Fsp3) is 0.417. The first-order valence-corrected chi connectivity index (χ1v) is 6.16. The number of hydrogen-bond acceptors (Lipinski definition) is 6. The van der Waals surface area contributed by atoms with Gasteiger partial charge in [-0.25, -0.2) is 9.78 Å². The van der Waals surface area contributed by atoms with E-state index in [1.165, 1.54) is 0 Å². The number of carbonyl (C=O) groups is 2. The minimum Gasteiger partial charge on any atom is -0.480 e. The highest BCUT2D eigenvalue weighted by molar-refractivity contribution is 5.99. The lowest BCUT2D eigenvalue weighted by molar-refractivity contribution is -0.384. The van der Waals surface area contributed by atoms with E-state index in [1.54, 1.807) is 0 Å². The summed E-state index contributed by atoms with van der Waals surface area (Å²) in [6.45, 7) is 3.64. The molecule has 0 bridgehead atoms. The van der Waals surface area contributed by atoms with Crippen molar-refractivity contribution < 1.29 is 19.6 Å². The molecule has 0 saturated heterocycles. The number of nitrogens with two attached hydrogens (primary N) is 1. The number of amides is 1. The maximum Gasteiger partial charge on any atom is 0.326 e. The number of carbonyl (C=O) groups excluding carboxylic acids is 1. The molecule has 0 fully saturated rings. The topological polar surface area (TPSA) is 148 Å². The van der Waals surface area contributed by atoms with Gasteiger partial charge in [0.2, 0.25) is 5.82 Å². The summed E-state index contributed by atoms with van der Waals surface area (Å²) >= 11 is 0. The number of carboxylic acids is 1. The molecule has 1 unspecified atom stereocenters. The van der Waals surface area contributed by atoms with E-state index in [0.717, 1.165) is 12.3 Å². The van der Waals surface area contributed by atoms with Gasteiger partial charge in [0.15, 0.2) is 0 Å². The van der Waals surface area contributed by atoms with Crippen LogP contribution in [-0.4, -0.2) is 32.9 Å². The van der Waals surface area contributed by atoms with Crippen LogP contribution in [0.15, 0.2) is 12.3 Å². The van der Waals surface area contributed by atoms with Gasteiger partial charge in [0, 0.05) is 6.20 Å². The smallest absolute Gasteiger partial charge is 0.326 e. The highest BCUT2D eigenvalue weighted by atomic mass is 16.6. The summed E-state index contributed by atoms with van der Waals surface area (Å²) in [5, 5.41) is 22.7. The first kappa shape index (κ1) is 16.3. The maximum atomic E-state index is 11.2. The number of nitrogens with one attached hydrogen (secondary N) is 1. The number of rotatable bonds is 7. The van der Waals surface area contributed by atoms with Crippen LogP contribution >= 0.6 is 0 Å². The van der Waals surface area contributed by atoms with Gasteiger partial charge in [-0.3, -0.25) is 14.9 Å². The molecule has 0 spiro atoms. The fourth-order valence-electron chi connectivity index (χ4n) is 1.80. The van der Waals surface area contributed by atoms with Crippen molar-refractivity contribution in [3.63, 3.8) is 0 Å². The summed E-state index contributed by atoms with van der Waals surface area (Å²) in [4.78, 5) is 36.4. The number of primary amides is 1. The van der Waals surface area contributed by atoms with Crippen LogP contribution in [0.5, 0.6) is 0 Å². The lowest BCUT2D eigenvalue weighted by Crippen LogP contribution is -2.31. The molecule has 1 amide bonds. The molecule has 4 N–H and O–H groups in total. The van der Waals surface area contributed by atoms with Gasteiger partial charge >= 0.3 is 11.7 Å². The van der Waals surface area contributed by atoms with Crippen LogP contribution in [0.25, 0.3) is 0 Å². The van der Waals surface area contributed by atoms with Crippen LogP contribution in [0.1, 0.15) is 30.6 Å². The van der Waals surface area contributed by atoms with E-state index in [4.69, 9.17) is 10.8 Å². The van der Waals surface area contributed by atoms with E-state index in [0.29, 0.717) is 0 Å². The largest absolute Gasteiger partial charge is 0.480 e. The Kier molecular flexibility index (Phi) is 5.17. The van der Waals surface area contributed by atoms with Crippen LogP contribution in [-0.2, 0) is 4.79 Å². The molecule has 0 aliphatic rings. The molecule has 0 saturated carbocycles. The molecule has 1 heterocycles.